The Bertz CT molecular complexity index is 1240. The van der Waals surface area contributed by atoms with Gasteiger partial charge in [0.1, 0.15) is 17.4 Å². The predicted octanol–water partition coefficient (Wildman–Crippen LogP) is 3.77. The number of likely N-dealkylation sites (tertiary alicyclic amines) is 1. The topological polar surface area (TPSA) is 190 Å². The zero-order chi connectivity index (χ0) is 31.9. The Hall–Kier alpha value is -3.71. The van der Waals surface area contributed by atoms with Gasteiger partial charge in [0.2, 0.25) is 17.7 Å². The number of rotatable bonds is 19. The molecule has 1 aliphatic rings. The molecule has 1 aliphatic heterocycles. The van der Waals surface area contributed by atoms with Crippen LogP contribution in [0.2, 0.25) is 0 Å². The second-order valence-electron chi connectivity index (χ2n) is 11.6. The molecule has 45 heavy (non-hydrogen) atoms. The largest absolute Gasteiger partial charge is 0.483 e. The van der Waals surface area contributed by atoms with Crippen molar-refractivity contribution in [2.24, 2.45) is 11.7 Å². The molecule has 2 atom stereocenters. The fourth-order valence-electron chi connectivity index (χ4n) is 5.16. The molecule has 1 saturated heterocycles. The monoisotopic (exact) mass is 650 g/mol. The van der Waals surface area contributed by atoms with Gasteiger partial charge >= 0.3 is 5.97 Å². The van der Waals surface area contributed by atoms with E-state index in [9.17, 15) is 19.2 Å². The number of carboxylic acid groups (broad SMARTS) is 1. The van der Waals surface area contributed by atoms with Gasteiger partial charge < -0.3 is 35.6 Å². The average molecular weight is 651 g/mol. The van der Waals surface area contributed by atoms with E-state index in [1.807, 2.05) is 13.8 Å². The van der Waals surface area contributed by atoms with Crippen LogP contribution in [0, 0.1) is 5.92 Å². The summed E-state index contributed by atoms with van der Waals surface area (Å²) in [7, 11) is 0. The Kier molecular flexibility index (Phi) is 16.3. The molecule has 1 aromatic carbocycles. The van der Waals surface area contributed by atoms with Crippen LogP contribution in [0.25, 0.3) is 0 Å². The number of ether oxygens (including phenoxy) is 1. The van der Waals surface area contributed by atoms with Crippen LogP contribution in [0.3, 0.4) is 0 Å². The third-order valence-corrected chi connectivity index (χ3v) is 7.42. The van der Waals surface area contributed by atoms with E-state index >= 15 is 0 Å². The van der Waals surface area contributed by atoms with Gasteiger partial charge in [-0.05, 0) is 50.2 Å². The molecule has 0 bridgehead atoms. The molecular formula is C31H47ClN6O7. The van der Waals surface area contributed by atoms with Crippen molar-refractivity contribution in [3.63, 3.8) is 0 Å². The lowest BCUT2D eigenvalue weighted by atomic mass is 10.0. The summed E-state index contributed by atoms with van der Waals surface area (Å²) < 4.78 is 10.8. The number of nitrogens with two attached hydrogens (primary N) is 1. The van der Waals surface area contributed by atoms with Crippen molar-refractivity contribution in [2.75, 3.05) is 19.7 Å². The molecule has 1 aromatic heterocycles. The van der Waals surface area contributed by atoms with Crippen LogP contribution >= 0.6 is 12.4 Å². The quantitative estimate of drug-likeness (QED) is 0.163. The first kappa shape index (κ1) is 37.5. The van der Waals surface area contributed by atoms with Crippen molar-refractivity contribution in [2.45, 2.75) is 96.7 Å². The minimum Gasteiger partial charge on any atom is -0.483 e. The second kappa shape index (κ2) is 19.6. The molecule has 0 aliphatic carbocycles. The van der Waals surface area contributed by atoms with Crippen molar-refractivity contribution in [3.8, 4) is 5.75 Å². The summed E-state index contributed by atoms with van der Waals surface area (Å²) in [5.41, 5.74) is 6.14. The van der Waals surface area contributed by atoms with Gasteiger partial charge in [-0.1, -0.05) is 56.8 Å². The number of benzene rings is 1. The minimum atomic E-state index is -1.11. The highest BCUT2D eigenvalue weighted by molar-refractivity contribution is 5.91. The van der Waals surface area contributed by atoms with Crippen LogP contribution in [0.15, 0.2) is 28.8 Å². The molecule has 2 heterocycles. The molecule has 0 saturated carbocycles. The standard InChI is InChI=1S/C31H46N6O7.ClH/c1-21(2)18-23(32)30(40)37-17-11-13-24(37)29-35-26(36-44-29)19-34-27(38)15-7-5-3-4-6-10-16-33-28(39)20-43-25-14-9-8-12-22(25)31(41)42;/h8-9,12,14,21,23-24H,3-7,10-11,13,15-20,32H2,1-2H3,(H,33,39)(H,34,38)(H,41,42);1H/t23?,24-;/m1./s1. The highest BCUT2D eigenvalue weighted by Gasteiger charge is 2.36. The highest BCUT2D eigenvalue weighted by atomic mass is 35.5. The molecule has 5 N–H and O–H groups in total. The fourth-order valence-corrected chi connectivity index (χ4v) is 5.16. The maximum Gasteiger partial charge on any atom is 0.339 e. The molecule has 1 fully saturated rings. The van der Waals surface area contributed by atoms with Gasteiger partial charge in [0.15, 0.2) is 12.4 Å². The van der Waals surface area contributed by atoms with Crippen molar-refractivity contribution >= 4 is 36.1 Å². The Morgan fingerprint density at radius 1 is 1.07 bits per heavy atom. The molecule has 14 heteroatoms. The third kappa shape index (κ3) is 12.7. The van der Waals surface area contributed by atoms with Crippen molar-refractivity contribution < 1.29 is 33.5 Å². The first-order chi connectivity index (χ1) is 21.2. The zero-order valence-corrected chi connectivity index (χ0v) is 27.0. The third-order valence-electron chi connectivity index (χ3n) is 7.42. The number of nitrogens with zero attached hydrogens (tertiary/aromatic N) is 3. The minimum absolute atomic E-state index is 0. The summed E-state index contributed by atoms with van der Waals surface area (Å²) in [6.45, 7) is 5.13. The zero-order valence-electron chi connectivity index (χ0n) is 26.2. The molecule has 13 nitrogen and oxygen atoms in total. The second-order valence-corrected chi connectivity index (χ2v) is 11.6. The van der Waals surface area contributed by atoms with E-state index in [4.69, 9.17) is 20.1 Å². The molecule has 0 radical (unpaired) electrons. The number of hydrogen-bond donors (Lipinski definition) is 4. The molecular weight excluding hydrogens is 604 g/mol. The summed E-state index contributed by atoms with van der Waals surface area (Å²) in [5, 5.41) is 18.8. The van der Waals surface area contributed by atoms with Gasteiger partial charge in [-0.15, -0.1) is 12.4 Å². The predicted molar refractivity (Wildman–Crippen MR) is 169 cm³/mol. The van der Waals surface area contributed by atoms with E-state index in [1.54, 1.807) is 17.0 Å². The van der Waals surface area contributed by atoms with Gasteiger partial charge in [0.05, 0.1) is 12.6 Å². The molecule has 1 unspecified atom stereocenters. The van der Waals surface area contributed by atoms with E-state index in [0.29, 0.717) is 43.6 Å². The van der Waals surface area contributed by atoms with Crippen molar-refractivity contribution in [1.29, 1.82) is 0 Å². The number of nitrogens with one attached hydrogen (secondary N) is 2. The van der Waals surface area contributed by atoms with Crippen molar-refractivity contribution in [3.05, 3.63) is 41.5 Å². The van der Waals surface area contributed by atoms with E-state index < -0.39 is 12.0 Å². The van der Waals surface area contributed by atoms with Crippen LogP contribution in [-0.4, -0.2) is 69.6 Å². The van der Waals surface area contributed by atoms with Crippen LogP contribution < -0.4 is 21.1 Å². The number of carboxylic acids is 1. The smallest absolute Gasteiger partial charge is 0.339 e. The molecule has 3 rings (SSSR count). The molecule has 2 aromatic rings. The number of carbonyl (C=O) groups excluding carboxylic acids is 3. The van der Waals surface area contributed by atoms with Crippen LogP contribution in [0.4, 0.5) is 0 Å². The number of aromatic nitrogens is 2. The fraction of sp³-hybridized carbons (Fsp3) is 0.613. The highest BCUT2D eigenvalue weighted by Crippen LogP contribution is 2.31. The van der Waals surface area contributed by atoms with Crippen LogP contribution in [-0.2, 0) is 20.9 Å². The number of para-hydroxylation sites is 1. The normalized spacial score (nSPS) is 14.9. The molecule has 250 valence electrons. The molecule has 0 spiro atoms. The average Bonchev–Trinajstić information content (AvgIpc) is 3.67. The lowest BCUT2D eigenvalue weighted by molar-refractivity contribution is -0.134. The van der Waals surface area contributed by atoms with E-state index in [2.05, 4.69) is 20.8 Å². The number of hydrogen-bond acceptors (Lipinski definition) is 9. The van der Waals surface area contributed by atoms with Gasteiger partial charge in [0.25, 0.3) is 5.91 Å². The van der Waals surface area contributed by atoms with Crippen LogP contribution in [0.1, 0.15) is 106 Å². The number of carbonyl (C=O) groups is 4. The van der Waals surface area contributed by atoms with Crippen molar-refractivity contribution in [1.82, 2.24) is 25.7 Å². The van der Waals surface area contributed by atoms with E-state index in [-0.39, 0.29) is 60.6 Å². The van der Waals surface area contributed by atoms with Gasteiger partial charge in [-0.3, -0.25) is 14.4 Å². The number of aromatic carboxylic acids is 1. The Labute approximate surface area is 270 Å². The van der Waals surface area contributed by atoms with Gasteiger partial charge in [0, 0.05) is 19.5 Å². The number of unbranched alkanes of at least 4 members (excludes halogenated alkanes) is 5. The summed E-state index contributed by atoms with van der Waals surface area (Å²) in [4.78, 5) is 54.4. The number of halogens is 1. The Morgan fingerprint density at radius 3 is 2.51 bits per heavy atom. The van der Waals surface area contributed by atoms with Gasteiger partial charge in [-0.2, -0.15) is 4.98 Å². The lowest BCUT2D eigenvalue weighted by Crippen LogP contribution is -2.44. The Balaban J connectivity index is 0.00000705. The van der Waals surface area contributed by atoms with E-state index in [0.717, 1.165) is 51.4 Å². The summed E-state index contributed by atoms with van der Waals surface area (Å²) >= 11 is 0. The lowest BCUT2D eigenvalue weighted by Gasteiger charge is -2.25. The van der Waals surface area contributed by atoms with E-state index in [1.165, 1.54) is 12.1 Å². The molecule has 3 amide bonds. The first-order valence-electron chi connectivity index (χ1n) is 15.5. The maximum absolute atomic E-state index is 12.8. The van der Waals surface area contributed by atoms with Crippen LogP contribution in [0.5, 0.6) is 5.75 Å². The summed E-state index contributed by atoms with van der Waals surface area (Å²) in [6.07, 6.45) is 8.06. The SMILES string of the molecule is CC(C)CC(N)C(=O)N1CCC[C@@H]1c1nc(CNC(=O)CCCCCCCCNC(=O)COc2ccccc2C(=O)O)no1.Cl. The first-order valence-corrected chi connectivity index (χ1v) is 15.5. The maximum atomic E-state index is 12.8. The Morgan fingerprint density at radius 2 is 1.78 bits per heavy atom. The number of amides is 3. The summed E-state index contributed by atoms with van der Waals surface area (Å²) in [5.74, 6) is -0.332. The van der Waals surface area contributed by atoms with Gasteiger partial charge in [-0.25, -0.2) is 4.79 Å². The summed E-state index contributed by atoms with van der Waals surface area (Å²) in [6, 6.07) is 5.37.